The summed E-state index contributed by atoms with van der Waals surface area (Å²) in [4.78, 5) is 27.3. The van der Waals surface area contributed by atoms with Crippen molar-refractivity contribution >= 4 is 37.3 Å². The molecular weight excluding hydrogens is 549 g/mol. The van der Waals surface area contributed by atoms with Crippen molar-refractivity contribution in [3.63, 3.8) is 0 Å². The second kappa shape index (κ2) is 12.4. The van der Waals surface area contributed by atoms with Gasteiger partial charge in [0.1, 0.15) is 18.1 Å². The second-order valence-electron chi connectivity index (χ2n) is 11.1. The summed E-state index contributed by atoms with van der Waals surface area (Å²) in [6.45, 7) is 8.70. The quantitative estimate of drug-likeness (QED) is 0.215. The lowest BCUT2D eigenvalue weighted by Crippen LogP contribution is -2.33. The number of methoxy groups -OCH3 is 1. The Morgan fingerprint density at radius 1 is 1.21 bits per heavy atom. The fourth-order valence-electron chi connectivity index (χ4n) is 5.57. The predicted octanol–water partition coefficient (Wildman–Crippen LogP) is 4.57. The molecular formula is C32H38N5O4P. The van der Waals surface area contributed by atoms with Crippen LogP contribution < -0.4 is 10.0 Å². The number of esters is 1. The van der Waals surface area contributed by atoms with Crippen molar-refractivity contribution in [3.8, 4) is 5.88 Å². The summed E-state index contributed by atoms with van der Waals surface area (Å²) in [6.07, 6.45) is 5.38. The molecule has 0 radical (unpaired) electrons. The van der Waals surface area contributed by atoms with Gasteiger partial charge in [-0.3, -0.25) is 4.90 Å². The number of benzene rings is 1. The zero-order chi connectivity index (χ0) is 29.2. The van der Waals surface area contributed by atoms with Crippen molar-refractivity contribution in [2.45, 2.75) is 58.9 Å². The first-order valence-electron chi connectivity index (χ1n) is 14.6. The number of hydrogen-bond donors (Lipinski definition) is 1. The van der Waals surface area contributed by atoms with Crippen LogP contribution in [-0.2, 0) is 35.6 Å². The van der Waals surface area contributed by atoms with E-state index in [0.717, 1.165) is 67.8 Å². The van der Waals surface area contributed by atoms with E-state index in [-0.39, 0.29) is 6.10 Å². The molecule has 1 saturated heterocycles. The highest BCUT2D eigenvalue weighted by atomic mass is 31.0. The molecule has 2 aliphatic heterocycles. The van der Waals surface area contributed by atoms with Crippen molar-refractivity contribution in [1.82, 2.24) is 24.4 Å². The van der Waals surface area contributed by atoms with E-state index in [9.17, 15) is 4.79 Å². The van der Waals surface area contributed by atoms with Gasteiger partial charge in [0.2, 0.25) is 5.88 Å². The van der Waals surface area contributed by atoms with Crippen LogP contribution in [0.15, 0.2) is 42.5 Å². The molecule has 2 unspecified atom stereocenters. The van der Waals surface area contributed by atoms with Crippen LogP contribution in [0.2, 0.25) is 0 Å². The minimum Gasteiger partial charge on any atom is -0.473 e. The normalized spacial score (nSPS) is 17.2. The molecule has 1 aromatic carbocycles. The summed E-state index contributed by atoms with van der Waals surface area (Å²) in [7, 11) is 4.17. The molecule has 0 bridgehead atoms. The summed E-state index contributed by atoms with van der Waals surface area (Å²) in [6, 6.07) is 12.5. The number of imidazole rings is 1. The third-order valence-corrected chi connectivity index (χ3v) is 8.54. The molecule has 2 aliphatic rings. The Kier molecular flexibility index (Phi) is 8.43. The molecule has 220 valence electrons. The van der Waals surface area contributed by atoms with Crippen LogP contribution in [0, 0.1) is 6.92 Å². The fraction of sp³-hybridized carbons (Fsp3) is 0.406. The van der Waals surface area contributed by atoms with Gasteiger partial charge in [-0.25, -0.2) is 14.8 Å². The van der Waals surface area contributed by atoms with Gasteiger partial charge in [-0.2, -0.15) is 0 Å². The Morgan fingerprint density at radius 3 is 2.76 bits per heavy atom. The lowest BCUT2D eigenvalue weighted by atomic mass is 10.0. The van der Waals surface area contributed by atoms with Gasteiger partial charge in [-0.15, -0.1) is 9.24 Å². The van der Waals surface area contributed by atoms with E-state index in [1.54, 1.807) is 0 Å². The lowest BCUT2D eigenvalue weighted by molar-refractivity contribution is -0.0591. The molecule has 3 aromatic heterocycles. The number of nitrogens with one attached hydrogen (secondary N) is 1. The minimum absolute atomic E-state index is 0.173. The number of rotatable bonds is 10. The number of aryl methyl sites for hydroxylation is 2. The number of fused-ring (bicyclic) bond motifs is 1. The number of carbonyl (C=O) groups excluding carboxylic acids is 1. The van der Waals surface area contributed by atoms with Gasteiger partial charge in [-0.1, -0.05) is 31.2 Å². The van der Waals surface area contributed by atoms with Crippen molar-refractivity contribution in [1.29, 1.82) is 0 Å². The van der Waals surface area contributed by atoms with E-state index in [1.165, 1.54) is 29.4 Å². The smallest absolute Gasteiger partial charge is 0.354 e. The molecule has 42 heavy (non-hydrogen) atoms. The molecule has 0 saturated carbocycles. The number of nitrogens with zero attached hydrogens (tertiary/aromatic N) is 4. The maximum absolute atomic E-state index is 12.1. The van der Waals surface area contributed by atoms with Gasteiger partial charge in [0.15, 0.2) is 5.65 Å². The molecule has 10 heteroatoms. The summed E-state index contributed by atoms with van der Waals surface area (Å²) >= 11 is 0. The van der Waals surface area contributed by atoms with Crippen LogP contribution in [0.1, 0.15) is 58.5 Å². The van der Waals surface area contributed by atoms with Crippen LogP contribution >= 0.6 is 9.24 Å². The zero-order valence-corrected chi connectivity index (χ0v) is 25.6. The van der Waals surface area contributed by atoms with Gasteiger partial charge in [0.05, 0.1) is 37.5 Å². The SMILES string of the molecule is CCc1ccc(COc2cc(P)cc(C3=CCN(Cc4nc5[nH]c(C(=O)OC)cc5n4CC4CCO4)CC3)n2)c(C)c1. The van der Waals surface area contributed by atoms with Crippen LogP contribution in [-0.4, -0.2) is 63.3 Å². The Balaban J connectivity index is 1.14. The number of aromatic amines is 1. The van der Waals surface area contributed by atoms with Gasteiger partial charge in [0, 0.05) is 25.8 Å². The summed E-state index contributed by atoms with van der Waals surface area (Å²) in [5.74, 6) is 1.21. The Labute approximate surface area is 248 Å². The molecule has 6 rings (SSSR count). The highest BCUT2D eigenvalue weighted by Gasteiger charge is 2.25. The van der Waals surface area contributed by atoms with Crippen LogP contribution in [0.5, 0.6) is 5.88 Å². The average molecular weight is 588 g/mol. The van der Waals surface area contributed by atoms with Crippen molar-refractivity contribution in [2.75, 3.05) is 26.8 Å². The average Bonchev–Trinajstić information content (AvgIpc) is 3.52. The summed E-state index contributed by atoms with van der Waals surface area (Å²) < 4.78 is 18.9. The monoisotopic (exact) mass is 587 g/mol. The van der Waals surface area contributed by atoms with E-state index < -0.39 is 5.97 Å². The summed E-state index contributed by atoms with van der Waals surface area (Å²) in [5.41, 5.74) is 7.96. The molecule has 0 spiro atoms. The van der Waals surface area contributed by atoms with Gasteiger partial charge in [0.25, 0.3) is 0 Å². The van der Waals surface area contributed by atoms with Gasteiger partial charge in [-0.05, 0) is 65.9 Å². The van der Waals surface area contributed by atoms with Crippen molar-refractivity contribution < 1.29 is 19.0 Å². The van der Waals surface area contributed by atoms with Crippen LogP contribution in [0.25, 0.3) is 16.7 Å². The van der Waals surface area contributed by atoms with Crippen molar-refractivity contribution in [2.24, 2.45) is 0 Å². The number of carbonyl (C=O) groups is 1. The van der Waals surface area contributed by atoms with Gasteiger partial charge >= 0.3 is 5.97 Å². The Hall–Kier alpha value is -3.52. The van der Waals surface area contributed by atoms with Crippen molar-refractivity contribution in [3.05, 3.63) is 76.4 Å². The van der Waals surface area contributed by atoms with Gasteiger partial charge < -0.3 is 23.8 Å². The minimum atomic E-state index is -0.396. The third kappa shape index (κ3) is 6.14. The number of H-pyrrole nitrogens is 1. The maximum Gasteiger partial charge on any atom is 0.354 e. The van der Waals surface area contributed by atoms with E-state index in [1.807, 2.05) is 12.1 Å². The van der Waals surface area contributed by atoms with E-state index >= 15 is 0 Å². The zero-order valence-electron chi connectivity index (χ0n) is 24.5. The summed E-state index contributed by atoms with van der Waals surface area (Å²) in [5, 5.41) is 1.05. The molecule has 2 atom stereocenters. The van der Waals surface area contributed by atoms with E-state index in [4.69, 9.17) is 24.2 Å². The molecule has 1 fully saturated rings. The molecule has 9 nitrogen and oxygen atoms in total. The standard InChI is InChI=1S/C32H38N5O4P/c1-4-21-5-6-23(20(2)13-21)19-41-30-15-25(42)14-26(33-30)22-7-10-36(11-8-22)18-29-35-31-28(16-27(34-31)32(38)39-3)37(29)17-24-9-12-40-24/h5-7,13-16,24,34H,4,8-12,17-19,42H2,1-3H3. The highest BCUT2D eigenvalue weighted by Crippen LogP contribution is 2.27. The van der Waals surface area contributed by atoms with Crippen LogP contribution in [0.3, 0.4) is 0 Å². The molecule has 0 aliphatic carbocycles. The number of hydrogen-bond acceptors (Lipinski definition) is 7. The lowest BCUT2D eigenvalue weighted by Gasteiger charge is -2.29. The predicted molar refractivity (Wildman–Crippen MR) is 166 cm³/mol. The fourth-order valence-corrected chi connectivity index (χ4v) is 5.87. The second-order valence-corrected chi connectivity index (χ2v) is 11.7. The molecule has 0 amide bonds. The molecule has 4 aromatic rings. The van der Waals surface area contributed by atoms with Crippen LogP contribution in [0.4, 0.5) is 0 Å². The third-order valence-electron chi connectivity index (χ3n) is 8.21. The number of pyridine rings is 1. The van der Waals surface area contributed by atoms with E-state index in [2.05, 4.69) is 67.9 Å². The molecule has 5 heterocycles. The molecule has 1 N–H and O–H groups in total. The highest BCUT2D eigenvalue weighted by molar-refractivity contribution is 7.27. The topological polar surface area (TPSA) is 94.5 Å². The maximum atomic E-state index is 12.1. The number of aromatic nitrogens is 4. The largest absolute Gasteiger partial charge is 0.473 e. The first-order chi connectivity index (χ1) is 20.4. The van der Waals surface area contributed by atoms with E-state index in [0.29, 0.717) is 30.4 Å². The Morgan fingerprint density at radius 2 is 2.07 bits per heavy atom. The first kappa shape index (κ1) is 28.6. The Bertz CT molecular complexity index is 1640. The first-order valence-corrected chi connectivity index (χ1v) is 15.2. The number of ether oxygens (including phenoxy) is 3.